The number of anilines is 1. The second kappa shape index (κ2) is 9.40. The number of fused-ring (bicyclic) bond motifs is 3. The van der Waals surface area contributed by atoms with E-state index in [4.69, 9.17) is 24.2 Å². The normalized spacial score (nSPS) is 26.9. The van der Waals surface area contributed by atoms with Crippen molar-refractivity contribution >= 4 is 21.2 Å². The number of nitrogens with one attached hydrogen (secondary N) is 1. The number of sulfone groups is 1. The van der Waals surface area contributed by atoms with E-state index < -0.39 is 14.6 Å². The van der Waals surface area contributed by atoms with E-state index >= 15 is 0 Å². The Morgan fingerprint density at radius 1 is 1.17 bits per heavy atom. The molecular weight excluding hydrogens is 468 g/mol. The molecule has 35 heavy (non-hydrogen) atoms. The van der Waals surface area contributed by atoms with Crippen LogP contribution in [-0.2, 0) is 24.1 Å². The Morgan fingerprint density at radius 3 is 2.74 bits per heavy atom. The highest BCUT2D eigenvalue weighted by Gasteiger charge is 2.50. The van der Waals surface area contributed by atoms with Crippen molar-refractivity contribution in [3.8, 4) is 5.75 Å². The lowest BCUT2D eigenvalue weighted by atomic mass is 9.93. The van der Waals surface area contributed by atoms with Crippen molar-refractivity contribution in [3.63, 3.8) is 0 Å². The lowest BCUT2D eigenvalue weighted by Gasteiger charge is -2.43. The smallest absolute Gasteiger partial charge is 0.185 e. The van der Waals surface area contributed by atoms with E-state index in [2.05, 4.69) is 16.8 Å². The molecule has 5 rings (SSSR count). The zero-order chi connectivity index (χ0) is 24.6. The number of ether oxygens (including phenoxy) is 3. The first-order valence-electron chi connectivity index (χ1n) is 12.0. The Morgan fingerprint density at radius 2 is 1.97 bits per heavy atom. The summed E-state index contributed by atoms with van der Waals surface area (Å²) in [6, 6.07) is 0.0136. The molecule has 0 bridgehead atoms. The number of nitrogens with zero attached hydrogens (tertiary/aromatic N) is 3. The van der Waals surface area contributed by atoms with Gasteiger partial charge in [0.25, 0.3) is 0 Å². The van der Waals surface area contributed by atoms with Gasteiger partial charge in [-0.15, -0.1) is 0 Å². The molecule has 5 heterocycles. The maximum Gasteiger partial charge on any atom is 0.185 e. The van der Waals surface area contributed by atoms with Crippen LogP contribution in [0.2, 0.25) is 0 Å². The Kier molecular flexibility index (Phi) is 6.45. The van der Waals surface area contributed by atoms with Crippen LogP contribution in [0.5, 0.6) is 5.75 Å². The summed E-state index contributed by atoms with van der Waals surface area (Å²) in [5.74, 6) is 1.51. The fraction of sp³-hybridized carbons (Fsp3) is 0.520. The Balaban J connectivity index is 1.75. The molecule has 0 amide bonds. The highest BCUT2D eigenvalue weighted by Crippen LogP contribution is 2.48. The van der Waals surface area contributed by atoms with Crippen LogP contribution < -0.4 is 15.0 Å². The molecule has 2 saturated heterocycles. The second-order valence-electron chi connectivity index (χ2n) is 9.40. The van der Waals surface area contributed by atoms with E-state index in [9.17, 15) is 8.42 Å². The van der Waals surface area contributed by atoms with Gasteiger partial charge in [-0.25, -0.2) is 18.4 Å². The number of morpholine rings is 1. The monoisotopic (exact) mass is 500 g/mol. The largest absolute Gasteiger partial charge is 0.486 e. The molecule has 1 aromatic heterocycles. The van der Waals surface area contributed by atoms with Crippen molar-refractivity contribution in [2.24, 2.45) is 0 Å². The summed E-state index contributed by atoms with van der Waals surface area (Å²) in [4.78, 5) is 12.1. The first-order valence-corrected chi connectivity index (χ1v) is 13.8. The van der Waals surface area contributed by atoms with Crippen molar-refractivity contribution in [1.82, 2.24) is 15.3 Å². The van der Waals surface area contributed by atoms with Crippen molar-refractivity contribution < 1.29 is 22.6 Å². The van der Waals surface area contributed by atoms with Crippen molar-refractivity contribution in [1.29, 1.82) is 0 Å². The summed E-state index contributed by atoms with van der Waals surface area (Å²) in [6.45, 7) is 9.76. The van der Waals surface area contributed by atoms with Crippen LogP contribution in [0.1, 0.15) is 31.3 Å². The maximum absolute atomic E-state index is 13.4. The summed E-state index contributed by atoms with van der Waals surface area (Å²) in [5, 5.41) is 3.31. The third kappa shape index (κ3) is 4.39. The van der Waals surface area contributed by atoms with E-state index in [-0.39, 0.29) is 6.04 Å². The lowest BCUT2D eigenvalue weighted by Crippen LogP contribution is -2.52. The number of hydrogen-bond donors (Lipinski definition) is 1. The highest BCUT2D eigenvalue weighted by atomic mass is 32.2. The molecule has 0 aliphatic carbocycles. The molecule has 4 aliphatic rings. The predicted molar refractivity (Wildman–Crippen MR) is 134 cm³/mol. The van der Waals surface area contributed by atoms with Gasteiger partial charge in [-0.3, -0.25) is 0 Å². The molecule has 2 fully saturated rings. The second-order valence-corrected chi connectivity index (χ2v) is 11.7. The molecular formula is C25H32N4O5S. The molecule has 0 saturated carbocycles. The summed E-state index contributed by atoms with van der Waals surface area (Å²) in [5.41, 5.74) is 2.87. The Bertz CT molecular complexity index is 1210. The van der Waals surface area contributed by atoms with Crippen LogP contribution in [0.4, 0.5) is 5.82 Å². The van der Waals surface area contributed by atoms with Crippen LogP contribution in [0, 0.1) is 0 Å². The molecule has 1 aromatic rings. The lowest BCUT2D eigenvalue weighted by molar-refractivity contribution is 0.0639. The number of allylic oxidation sites excluding steroid dienone is 6. The average molecular weight is 501 g/mol. The minimum absolute atomic E-state index is 0.0136. The molecule has 4 aliphatic heterocycles. The van der Waals surface area contributed by atoms with Gasteiger partial charge in [0, 0.05) is 43.8 Å². The van der Waals surface area contributed by atoms with Crippen LogP contribution in [0.15, 0.2) is 42.2 Å². The van der Waals surface area contributed by atoms with E-state index in [1.807, 2.05) is 31.2 Å². The number of rotatable bonds is 3. The highest BCUT2D eigenvalue weighted by molar-refractivity contribution is 7.91. The van der Waals surface area contributed by atoms with E-state index in [0.29, 0.717) is 82.1 Å². The van der Waals surface area contributed by atoms with Gasteiger partial charge in [0.15, 0.2) is 27.2 Å². The van der Waals surface area contributed by atoms with Gasteiger partial charge in [0.1, 0.15) is 17.0 Å². The molecule has 10 heteroatoms. The van der Waals surface area contributed by atoms with E-state index in [0.717, 1.165) is 16.8 Å². The molecule has 1 unspecified atom stereocenters. The fourth-order valence-electron chi connectivity index (χ4n) is 5.10. The van der Waals surface area contributed by atoms with Gasteiger partial charge < -0.3 is 24.4 Å². The van der Waals surface area contributed by atoms with Crippen LogP contribution in [-0.4, -0.2) is 76.8 Å². The van der Waals surface area contributed by atoms with Gasteiger partial charge in [-0.2, -0.15) is 0 Å². The van der Waals surface area contributed by atoms with Gasteiger partial charge in [-0.05, 0) is 31.4 Å². The molecule has 0 radical (unpaired) electrons. The van der Waals surface area contributed by atoms with E-state index in [1.54, 1.807) is 0 Å². The standard InChI is InChI=1S/C25H32N4O5S/c1-17-14-18(2)26-9-5-4-6-20(17)23-27-22(25(35(3,30)31)7-11-32-12-8-25)21-24(28-23)29-10-13-33-15-19(29)16-34-21/h4-6,14,19,26H,1,7-13,15-16H2,2-3H3/b5-4-,18-14-,20-6?. The topological polar surface area (TPSA) is 103 Å². The Labute approximate surface area is 206 Å². The van der Waals surface area contributed by atoms with Gasteiger partial charge in [-0.1, -0.05) is 24.8 Å². The zero-order valence-corrected chi connectivity index (χ0v) is 21.1. The molecule has 1 N–H and O–H groups in total. The predicted octanol–water partition coefficient (Wildman–Crippen LogP) is 2.13. The first-order chi connectivity index (χ1) is 16.8. The quantitative estimate of drug-likeness (QED) is 0.668. The Hall–Kier alpha value is -2.69. The van der Waals surface area contributed by atoms with Crippen molar-refractivity contribution in [3.05, 3.63) is 53.7 Å². The molecule has 9 nitrogen and oxygen atoms in total. The van der Waals surface area contributed by atoms with Crippen molar-refractivity contribution in [2.45, 2.75) is 30.6 Å². The SMILES string of the molecule is C=C1/C=C(/C)NC/C=C\C=C1c1nc2c(c(C3(S(C)(=O)=O)CCOCC3)n1)OCC1COCCN21. The number of hydrogen-bond acceptors (Lipinski definition) is 9. The third-order valence-electron chi connectivity index (χ3n) is 7.08. The minimum Gasteiger partial charge on any atom is -0.486 e. The molecule has 188 valence electrons. The summed E-state index contributed by atoms with van der Waals surface area (Å²) >= 11 is 0. The van der Waals surface area contributed by atoms with Crippen LogP contribution in [0.25, 0.3) is 5.57 Å². The average Bonchev–Trinajstić information content (AvgIpc) is 2.92. The third-order valence-corrected chi connectivity index (χ3v) is 9.11. The van der Waals surface area contributed by atoms with Gasteiger partial charge in [0.05, 0.1) is 19.3 Å². The maximum atomic E-state index is 13.4. The summed E-state index contributed by atoms with van der Waals surface area (Å²) < 4.78 is 42.9. The van der Waals surface area contributed by atoms with Gasteiger partial charge in [0.2, 0.25) is 0 Å². The van der Waals surface area contributed by atoms with Crippen molar-refractivity contribution in [2.75, 3.05) is 57.3 Å². The van der Waals surface area contributed by atoms with Gasteiger partial charge >= 0.3 is 0 Å². The molecule has 0 spiro atoms. The fourth-order valence-corrected chi connectivity index (χ4v) is 6.50. The number of aromatic nitrogens is 2. The first kappa shape index (κ1) is 24.0. The summed E-state index contributed by atoms with van der Waals surface area (Å²) in [6.07, 6.45) is 9.74. The van der Waals surface area contributed by atoms with E-state index in [1.165, 1.54) is 6.26 Å². The zero-order valence-electron chi connectivity index (χ0n) is 20.2. The summed E-state index contributed by atoms with van der Waals surface area (Å²) in [7, 11) is -3.56. The molecule has 1 atom stereocenters. The molecule has 0 aromatic carbocycles. The van der Waals surface area contributed by atoms with Crippen LogP contribution >= 0.6 is 0 Å². The van der Waals surface area contributed by atoms with Crippen LogP contribution in [0.3, 0.4) is 0 Å². The minimum atomic E-state index is -3.56.